The Labute approximate surface area is 123 Å². The zero-order chi connectivity index (χ0) is 14.1. The standard InChI is InChI=1S/C14H11BrFN3O/c15-10-5-12(17)13(6-11(10)16)20-8-9-7-19-4-2-1-3-14(19)18-9/h1-7H,8,17H2. The molecule has 0 aliphatic carbocycles. The number of nitrogens with zero attached hydrogens (tertiary/aromatic N) is 2. The first-order chi connectivity index (χ1) is 9.63. The van der Waals surface area contributed by atoms with Crippen LogP contribution in [-0.4, -0.2) is 9.38 Å². The van der Waals surface area contributed by atoms with Gasteiger partial charge in [0, 0.05) is 18.5 Å². The lowest BCUT2D eigenvalue weighted by Crippen LogP contribution is -2.00. The molecule has 2 heterocycles. The predicted octanol–water partition coefficient (Wildman–Crippen LogP) is 3.40. The van der Waals surface area contributed by atoms with E-state index in [1.54, 1.807) is 0 Å². The number of hydrogen-bond donors (Lipinski definition) is 1. The van der Waals surface area contributed by atoms with Gasteiger partial charge in [-0.2, -0.15) is 0 Å². The van der Waals surface area contributed by atoms with Crippen LogP contribution in [0.25, 0.3) is 5.65 Å². The number of benzene rings is 1. The maximum Gasteiger partial charge on any atom is 0.145 e. The molecule has 0 unspecified atom stereocenters. The molecule has 0 saturated carbocycles. The molecule has 2 N–H and O–H groups in total. The normalized spacial score (nSPS) is 10.9. The molecule has 0 atom stereocenters. The monoisotopic (exact) mass is 335 g/mol. The molecule has 0 amide bonds. The lowest BCUT2D eigenvalue weighted by molar-refractivity contribution is 0.302. The van der Waals surface area contributed by atoms with Crippen molar-refractivity contribution in [3.8, 4) is 5.75 Å². The van der Waals surface area contributed by atoms with E-state index in [-0.39, 0.29) is 6.61 Å². The lowest BCUT2D eigenvalue weighted by Gasteiger charge is -2.08. The third-order valence-corrected chi connectivity index (χ3v) is 3.45. The molecular formula is C14H11BrFN3O. The van der Waals surface area contributed by atoms with Crippen LogP contribution in [-0.2, 0) is 6.61 Å². The fourth-order valence-electron chi connectivity index (χ4n) is 1.88. The van der Waals surface area contributed by atoms with Gasteiger partial charge in [0.15, 0.2) is 0 Å². The molecular weight excluding hydrogens is 325 g/mol. The van der Waals surface area contributed by atoms with E-state index in [9.17, 15) is 4.39 Å². The first-order valence-corrected chi connectivity index (χ1v) is 6.73. The molecule has 0 spiro atoms. The summed E-state index contributed by atoms with van der Waals surface area (Å²) >= 11 is 3.07. The number of rotatable bonds is 3. The van der Waals surface area contributed by atoms with Crippen LogP contribution in [0.15, 0.2) is 47.2 Å². The number of nitrogens with two attached hydrogens (primary N) is 1. The lowest BCUT2D eigenvalue weighted by atomic mass is 10.3. The van der Waals surface area contributed by atoms with E-state index in [2.05, 4.69) is 20.9 Å². The fourth-order valence-corrected chi connectivity index (χ4v) is 2.24. The number of halogens is 2. The Bertz CT molecular complexity index is 739. The van der Waals surface area contributed by atoms with Gasteiger partial charge in [-0.1, -0.05) is 6.07 Å². The first kappa shape index (κ1) is 12.9. The highest BCUT2D eigenvalue weighted by Gasteiger charge is 2.08. The SMILES string of the molecule is Nc1cc(Br)c(F)cc1OCc1cn2ccccc2n1. The van der Waals surface area contributed by atoms with E-state index in [0.29, 0.717) is 15.9 Å². The van der Waals surface area contributed by atoms with Crippen molar-refractivity contribution in [2.75, 3.05) is 5.73 Å². The van der Waals surface area contributed by atoms with Crippen LogP contribution in [0.4, 0.5) is 10.1 Å². The van der Waals surface area contributed by atoms with Crippen LogP contribution < -0.4 is 10.5 Å². The number of aromatic nitrogens is 2. The Morgan fingerprint density at radius 3 is 3.00 bits per heavy atom. The number of anilines is 1. The molecule has 0 aliphatic rings. The Morgan fingerprint density at radius 1 is 1.35 bits per heavy atom. The molecule has 0 aliphatic heterocycles. The van der Waals surface area contributed by atoms with Crippen molar-refractivity contribution in [1.29, 1.82) is 0 Å². The molecule has 102 valence electrons. The third-order valence-electron chi connectivity index (χ3n) is 2.84. The van der Waals surface area contributed by atoms with Gasteiger partial charge < -0.3 is 14.9 Å². The van der Waals surface area contributed by atoms with Crippen molar-refractivity contribution in [3.63, 3.8) is 0 Å². The van der Waals surface area contributed by atoms with Gasteiger partial charge in [0.05, 0.1) is 15.9 Å². The molecule has 2 aromatic heterocycles. The van der Waals surface area contributed by atoms with Crippen molar-refractivity contribution < 1.29 is 9.13 Å². The second-order valence-electron chi connectivity index (χ2n) is 4.29. The number of hydrogen-bond acceptors (Lipinski definition) is 3. The van der Waals surface area contributed by atoms with Gasteiger partial charge in [-0.3, -0.25) is 0 Å². The van der Waals surface area contributed by atoms with E-state index in [0.717, 1.165) is 11.3 Å². The summed E-state index contributed by atoms with van der Waals surface area (Å²) in [6, 6.07) is 8.47. The maximum atomic E-state index is 13.5. The average Bonchev–Trinajstić information content (AvgIpc) is 2.84. The Hall–Kier alpha value is -2.08. The van der Waals surface area contributed by atoms with Crippen molar-refractivity contribution in [2.45, 2.75) is 6.61 Å². The van der Waals surface area contributed by atoms with Gasteiger partial charge in [-0.15, -0.1) is 0 Å². The molecule has 1 aromatic carbocycles. The van der Waals surface area contributed by atoms with Gasteiger partial charge >= 0.3 is 0 Å². The molecule has 20 heavy (non-hydrogen) atoms. The van der Waals surface area contributed by atoms with Gasteiger partial charge in [0.1, 0.15) is 23.8 Å². The van der Waals surface area contributed by atoms with E-state index in [4.69, 9.17) is 10.5 Å². The molecule has 0 radical (unpaired) electrons. The minimum atomic E-state index is -0.413. The molecule has 0 saturated heterocycles. The summed E-state index contributed by atoms with van der Waals surface area (Å²) in [6.07, 6.45) is 3.76. The molecule has 3 rings (SSSR count). The molecule has 3 aromatic rings. The van der Waals surface area contributed by atoms with E-state index in [1.807, 2.05) is 35.0 Å². The predicted molar refractivity (Wildman–Crippen MR) is 78.0 cm³/mol. The summed E-state index contributed by atoms with van der Waals surface area (Å²) in [5.41, 5.74) is 7.74. The number of pyridine rings is 1. The van der Waals surface area contributed by atoms with Crippen molar-refractivity contribution in [2.24, 2.45) is 0 Å². The summed E-state index contributed by atoms with van der Waals surface area (Å²) in [5.74, 6) is -0.105. The van der Waals surface area contributed by atoms with Gasteiger partial charge in [-0.25, -0.2) is 9.37 Å². The Morgan fingerprint density at radius 2 is 2.20 bits per heavy atom. The second-order valence-corrected chi connectivity index (χ2v) is 5.15. The van der Waals surface area contributed by atoms with E-state index in [1.165, 1.54) is 12.1 Å². The Kier molecular flexibility index (Phi) is 3.31. The topological polar surface area (TPSA) is 52.5 Å². The van der Waals surface area contributed by atoms with Crippen molar-refractivity contribution in [3.05, 3.63) is 58.7 Å². The minimum Gasteiger partial charge on any atom is -0.485 e. The van der Waals surface area contributed by atoms with Crippen LogP contribution in [0.3, 0.4) is 0 Å². The van der Waals surface area contributed by atoms with Gasteiger partial charge in [0.25, 0.3) is 0 Å². The highest BCUT2D eigenvalue weighted by molar-refractivity contribution is 9.10. The second kappa shape index (κ2) is 5.13. The van der Waals surface area contributed by atoms with Crippen LogP contribution in [0, 0.1) is 5.82 Å². The quantitative estimate of drug-likeness (QED) is 0.746. The Balaban J connectivity index is 1.81. The van der Waals surface area contributed by atoms with Crippen molar-refractivity contribution in [1.82, 2.24) is 9.38 Å². The van der Waals surface area contributed by atoms with Gasteiger partial charge in [-0.05, 0) is 34.1 Å². The summed E-state index contributed by atoms with van der Waals surface area (Å²) in [6.45, 7) is 0.229. The molecule has 4 nitrogen and oxygen atoms in total. The summed E-state index contributed by atoms with van der Waals surface area (Å²) in [7, 11) is 0. The summed E-state index contributed by atoms with van der Waals surface area (Å²) < 4.78 is 21.2. The maximum absolute atomic E-state index is 13.5. The highest BCUT2D eigenvalue weighted by Crippen LogP contribution is 2.28. The average molecular weight is 336 g/mol. The number of ether oxygens (including phenoxy) is 1. The molecule has 0 fully saturated rings. The highest BCUT2D eigenvalue weighted by atomic mass is 79.9. The number of imidazole rings is 1. The largest absolute Gasteiger partial charge is 0.485 e. The number of fused-ring (bicyclic) bond motifs is 1. The minimum absolute atomic E-state index is 0.229. The van der Waals surface area contributed by atoms with Crippen LogP contribution in [0.5, 0.6) is 5.75 Å². The smallest absolute Gasteiger partial charge is 0.145 e. The third kappa shape index (κ3) is 2.46. The van der Waals surface area contributed by atoms with Crippen molar-refractivity contribution >= 4 is 27.3 Å². The van der Waals surface area contributed by atoms with E-state index >= 15 is 0 Å². The summed E-state index contributed by atoms with van der Waals surface area (Å²) in [4.78, 5) is 4.39. The van der Waals surface area contributed by atoms with Crippen LogP contribution in [0.1, 0.15) is 5.69 Å². The summed E-state index contributed by atoms with van der Waals surface area (Å²) in [5, 5.41) is 0. The number of nitrogen functional groups attached to an aromatic ring is 1. The molecule has 6 heteroatoms. The zero-order valence-corrected chi connectivity index (χ0v) is 12.0. The fraction of sp³-hybridized carbons (Fsp3) is 0.0714. The van der Waals surface area contributed by atoms with Crippen LogP contribution >= 0.6 is 15.9 Å². The first-order valence-electron chi connectivity index (χ1n) is 5.93. The molecule has 0 bridgehead atoms. The van der Waals surface area contributed by atoms with Crippen LogP contribution in [0.2, 0.25) is 0 Å². The van der Waals surface area contributed by atoms with E-state index < -0.39 is 5.82 Å². The zero-order valence-electron chi connectivity index (χ0n) is 10.4. The van der Waals surface area contributed by atoms with Gasteiger partial charge in [0.2, 0.25) is 0 Å².